The molecule has 6 heteroatoms. The number of esters is 2. The van der Waals surface area contributed by atoms with Crippen molar-refractivity contribution < 1.29 is 23.8 Å². The summed E-state index contributed by atoms with van der Waals surface area (Å²) in [4.78, 5) is 26.8. The first-order valence-electron chi connectivity index (χ1n) is 10.9. The number of rotatable bonds is 14. The summed E-state index contributed by atoms with van der Waals surface area (Å²) in [5.74, 6) is 0.128. The van der Waals surface area contributed by atoms with Crippen molar-refractivity contribution in [3.63, 3.8) is 0 Å². The Bertz CT molecular complexity index is 872. The fourth-order valence-corrected chi connectivity index (χ4v) is 2.93. The maximum atomic E-state index is 11.5. The van der Waals surface area contributed by atoms with Gasteiger partial charge in [0.2, 0.25) is 0 Å². The Morgan fingerprint density at radius 1 is 0.875 bits per heavy atom. The smallest absolute Gasteiger partial charge is 0.337 e. The van der Waals surface area contributed by atoms with Crippen LogP contribution in [-0.4, -0.2) is 38.5 Å². The lowest BCUT2D eigenvalue weighted by Gasteiger charge is -2.06. The van der Waals surface area contributed by atoms with Crippen LogP contribution in [0.25, 0.3) is 0 Å². The molecular formula is C26H31NO5. The number of carbonyl (C=O) groups is 2. The maximum Gasteiger partial charge on any atom is 0.337 e. The van der Waals surface area contributed by atoms with Crippen LogP contribution in [0.1, 0.15) is 54.4 Å². The number of hydrogen-bond acceptors (Lipinski definition) is 6. The highest BCUT2D eigenvalue weighted by Gasteiger charge is 2.03. The molecule has 0 unspecified atom stereocenters. The highest BCUT2D eigenvalue weighted by molar-refractivity contribution is 5.90. The lowest BCUT2D eigenvalue weighted by Crippen LogP contribution is -2.01. The SMILES string of the molecule is C=CC(=O)OCCCCCCCCOc1ccc(C=Nc2ccc(C(=O)OC)cc2)cc1. The second kappa shape index (κ2) is 14.6. The Kier molecular flexibility index (Phi) is 11.3. The van der Waals surface area contributed by atoms with E-state index in [1.54, 1.807) is 30.5 Å². The van der Waals surface area contributed by atoms with Crippen molar-refractivity contribution in [3.8, 4) is 5.75 Å². The van der Waals surface area contributed by atoms with Crippen LogP contribution in [0, 0.1) is 0 Å². The maximum absolute atomic E-state index is 11.5. The van der Waals surface area contributed by atoms with Crippen LogP contribution in [0.3, 0.4) is 0 Å². The van der Waals surface area contributed by atoms with E-state index < -0.39 is 0 Å². The molecule has 0 amide bonds. The van der Waals surface area contributed by atoms with Crippen molar-refractivity contribution in [2.24, 2.45) is 4.99 Å². The third-order valence-corrected chi connectivity index (χ3v) is 4.75. The van der Waals surface area contributed by atoms with E-state index in [0.717, 1.165) is 55.5 Å². The second-order valence-corrected chi connectivity index (χ2v) is 7.21. The zero-order chi connectivity index (χ0) is 23.0. The number of nitrogens with zero attached hydrogens (tertiary/aromatic N) is 1. The third kappa shape index (κ3) is 9.60. The Morgan fingerprint density at radius 2 is 1.50 bits per heavy atom. The Hall–Kier alpha value is -3.41. The van der Waals surface area contributed by atoms with Crippen LogP contribution in [-0.2, 0) is 14.3 Å². The minimum atomic E-state index is -0.361. The standard InChI is InChI=1S/C26H31NO5/c1-3-25(28)32-19-9-7-5-4-6-8-18-31-24-16-10-21(11-17-24)20-27-23-14-12-22(13-15-23)26(29)30-2/h3,10-17,20H,1,4-9,18-19H2,2H3. The number of unbranched alkanes of at least 4 members (excludes halogenated alkanes) is 5. The normalized spacial score (nSPS) is 10.7. The zero-order valence-corrected chi connectivity index (χ0v) is 18.6. The summed E-state index contributed by atoms with van der Waals surface area (Å²) in [6, 6.07) is 14.7. The molecule has 0 saturated carbocycles. The molecule has 0 heterocycles. The monoisotopic (exact) mass is 437 g/mol. The fourth-order valence-electron chi connectivity index (χ4n) is 2.93. The van der Waals surface area contributed by atoms with E-state index in [2.05, 4.69) is 16.3 Å². The van der Waals surface area contributed by atoms with E-state index in [-0.39, 0.29) is 11.9 Å². The van der Waals surface area contributed by atoms with Crippen LogP contribution in [0.2, 0.25) is 0 Å². The molecule has 0 N–H and O–H groups in total. The molecule has 32 heavy (non-hydrogen) atoms. The van der Waals surface area contributed by atoms with Crippen LogP contribution in [0.5, 0.6) is 5.75 Å². The van der Waals surface area contributed by atoms with Crippen LogP contribution >= 0.6 is 0 Å². The number of benzene rings is 2. The summed E-state index contributed by atoms with van der Waals surface area (Å²) < 4.78 is 15.4. The molecule has 0 aromatic heterocycles. The Morgan fingerprint density at radius 3 is 2.12 bits per heavy atom. The van der Waals surface area contributed by atoms with Crippen molar-refractivity contribution in [2.45, 2.75) is 38.5 Å². The van der Waals surface area contributed by atoms with Gasteiger partial charge in [-0.05, 0) is 66.9 Å². The molecule has 170 valence electrons. The van der Waals surface area contributed by atoms with Gasteiger partial charge in [-0.1, -0.05) is 32.3 Å². The summed E-state index contributed by atoms with van der Waals surface area (Å²) in [6.07, 6.45) is 9.32. The summed E-state index contributed by atoms with van der Waals surface area (Å²) in [5, 5.41) is 0. The summed E-state index contributed by atoms with van der Waals surface area (Å²) >= 11 is 0. The second-order valence-electron chi connectivity index (χ2n) is 7.21. The van der Waals surface area contributed by atoms with Crippen molar-refractivity contribution in [2.75, 3.05) is 20.3 Å². The predicted octanol–water partition coefficient (Wildman–Crippen LogP) is 5.67. The van der Waals surface area contributed by atoms with Gasteiger partial charge in [0.15, 0.2) is 0 Å². The van der Waals surface area contributed by atoms with E-state index >= 15 is 0 Å². The molecule has 0 aliphatic heterocycles. The summed E-state index contributed by atoms with van der Waals surface area (Å²) in [7, 11) is 1.36. The van der Waals surface area contributed by atoms with Crippen LogP contribution in [0.15, 0.2) is 66.2 Å². The topological polar surface area (TPSA) is 74.2 Å². The predicted molar refractivity (Wildman–Crippen MR) is 126 cm³/mol. The summed E-state index contributed by atoms with van der Waals surface area (Å²) in [5.41, 5.74) is 2.23. The van der Waals surface area contributed by atoms with Gasteiger partial charge in [-0.25, -0.2) is 9.59 Å². The molecule has 2 rings (SSSR count). The minimum absolute atomic E-state index is 0.353. The third-order valence-electron chi connectivity index (χ3n) is 4.75. The van der Waals surface area contributed by atoms with Gasteiger partial charge in [-0.3, -0.25) is 4.99 Å². The molecule has 0 spiro atoms. The first kappa shape index (κ1) is 24.9. The van der Waals surface area contributed by atoms with Gasteiger partial charge in [-0.2, -0.15) is 0 Å². The highest BCUT2D eigenvalue weighted by Crippen LogP contribution is 2.16. The molecule has 2 aromatic rings. The molecule has 0 fully saturated rings. The largest absolute Gasteiger partial charge is 0.494 e. The fraction of sp³-hybridized carbons (Fsp3) is 0.346. The van der Waals surface area contributed by atoms with Crippen LogP contribution < -0.4 is 4.74 Å². The van der Waals surface area contributed by atoms with Gasteiger partial charge in [0.25, 0.3) is 0 Å². The Labute approximate surface area is 189 Å². The molecule has 0 aliphatic carbocycles. The average Bonchev–Trinajstić information content (AvgIpc) is 2.84. The quantitative estimate of drug-likeness (QED) is 0.165. The zero-order valence-electron chi connectivity index (χ0n) is 18.6. The van der Waals surface area contributed by atoms with Gasteiger partial charge < -0.3 is 14.2 Å². The lowest BCUT2D eigenvalue weighted by molar-refractivity contribution is -0.137. The molecule has 0 saturated heterocycles. The van der Waals surface area contributed by atoms with Crippen molar-refractivity contribution in [3.05, 3.63) is 72.3 Å². The first-order chi connectivity index (χ1) is 15.6. The Balaban J connectivity index is 1.60. The van der Waals surface area contributed by atoms with E-state index in [1.807, 2.05) is 24.3 Å². The molecule has 6 nitrogen and oxygen atoms in total. The van der Waals surface area contributed by atoms with Crippen molar-refractivity contribution in [1.82, 2.24) is 0 Å². The summed E-state index contributed by atoms with van der Waals surface area (Å²) in [6.45, 7) is 4.53. The number of ether oxygens (including phenoxy) is 3. The molecular weight excluding hydrogens is 406 g/mol. The van der Waals surface area contributed by atoms with Gasteiger partial charge >= 0.3 is 11.9 Å². The number of methoxy groups -OCH3 is 1. The van der Waals surface area contributed by atoms with Gasteiger partial charge in [-0.15, -0.1) is 0 Å². The van der Waals surface area contributed by atoms with Gasteiger partial charge in [0, 0.05) is 12.3 Å². The van der Waals surface area contributed by atoms with Gasteiger partial charge in [0.1, 0.15) is 5.75 Å². The molecule has 0 bridgehead atoms. The van der Waals surface area contributed by atoms with E-state index in [1.165, 1.54) is 13.2 Å². The van der Waals surface area contributed by atoms with Gasteiger partial charge in [0.05, 0.1) is 31.6 Å². The van der Waals surface area contributed by atoms with Crippen LogP contribution in [0.4, 0.5) is 5.69 Å². The lowest BCUT2D eigenvalue weighted by atomic mass is 10.1. The first-order valence-corrected chi connectivity index (χ1v) is 10.9. The minimum Gasteiger partial charge on any atom is -0.494 e. The molecule has 0 radical (unpaired) electrons. The number of aliphatic imine (C=N–C) groups is 1. The number of carbonyl (C=O) groups excluding carboxylic acids is 2. The van der Waals surface area contributed by atoms with E-state index in [4.69, 9.17) is 9.47 Å². The molecule has 0 atom stereocenters. The van der Waals surface area contributed by atoms with Crippen molar-refractivity contribution in [1.29, 1.82) is 0 Å². The average molecular weight is 438 g/mol. The molecule has 2 aromatic carbocycles. The van der Waals surface area contributed by atoms with Crippen molar-refractivity contribution >= 4 is 23.8 Å². The van der Waals surface area contributed by atoms with E-state index in [9.17, 15) is 9.59 Å². The van der Waals surface area contributed by atoms with E-state index in [0.29, 0.717) is 18.8 Å². The highest BCUT2D eigenvalue weighted by atomic mass is 16.5. The molecule has 0 aliphatic rings. The number of hydrogen-bond donors (Lipinski definition) is 0.